The van der Waals surface area contributed by atoms with Gasteiger partial charge in [0.1, 0.15) is 0 Å². The first-order chi connectivity index (χ1) is 6.90. The number of hydrazine groups is 1. The monoisotopic (exact) mass is 194 g/mol. The summed E-state index contributed by atoms with van der Waals surface area (Å²) in [7, 11) is 0. The molecule has 4 heteroatoms. The third-order valence-corrected chi connectivity index (χ3v) is 2.83. The average Bonchev–Trinajstić information content (AvgIpc) is 2.30. The summed E-state index contributed by atoms with van der Waals surface area (Å²) in [6, 6.07) is 0. The second-order valence-electron chi connectivity index (χ2n) is 3.61. The molecule has 1 fully saturated rings. The van der Waals surface area contributed by atoms with E-state index in [-0.39, 0.29) is 0 Å². The molecule has 2 N–H and O–H groups in total. The Kier molecular flexibility index (Phi) is 2.93. The van der Waals surface area contributed by atoms with Crippen molar-refractivity contribution in [3.8, 4) is 0 Å². The van der Waals surface area contributed by atoms with Crippen molar-refractivity contribution >= 4 is 0 Å². The predicted molar refractivity (Wildman–Crippen MR) is 57.2 cm³/mol. The van der Waals surface area contributed by atoms with Gasteiger partial charge in [0.05, 0.1) is 5.70 Å². The molecule has 78 valence electrons. The van der Waals surface area contributed by atoms with E-state index in [0.717, 1.165) is 13.1 Å². The first-order valence-electron chi connectivity index (χ1n) is 5.25. The molecule has 1 saturated heterocycles. The highest BCUT2D eigenvalue weighted by Gasteiger charge is 2.16. The first kappa shape index (κ1) is 9.40. The third kappa shape index (κ3) is 2.01. The third-order valence-electron chi connectivity index (χ3n) is 2.83. The van der Waals surface area contributed by atoms with Crippen molar-refractivity contribution in [2.75, 3.05) is 32.7 Å². The highest BCUT2D eigenvalue weighted by atomic mass is 15.4. The maximum atomic E-state index is 3.00. The highest BCUT2D eigenvalue weighted by Crippen LogP contribution is 2.10. The number of piperazine rings is 1. The van der Waals surface area contributed by atoms with Crippen LogP contribution in [0.25, 0.3) is 0 Å². The highest BCUT2D eigenvalue weighted by molar-refractivity contribution is 5.19. The molecule has 0 aromatic rings. The molecule has 0 amide bonds. The number of likely N-dealkylation sites (N-methyl/N-ethyl adjacent to an activating group) is 1. The van der Waals surface area contributed by atoms with Crippen molar-refractivity contribution in [2.24, 2.45) is 0 Å². The molecule has 2 aliphatic rings. The lowest BCUT2D eigenvalue weighted by molar-refractivity contribution is 0.167. The minimum absolute atomic E-state index is 1.13. The summed E-state index contributed by atoms with van der Waals surface area (Å²) in [5, 5.41) is 0. The lowest BCUT2D eigenvalue weighted by atomic mass is 10.2. The Morgan fingerprint density at radius 2 is 2.00 bits per heavy atom. The molecule has 0 aromatic carbocycles. The molecule has 0 radical (unpaired) electrons. The number of rotatable bonds is 2. The summed E-state index contributed by atoms with van der Waals surface area (Å²) in [5.41, 5.74) is 7.21. The fourth-order valence-electron chi connectivity index (χ4n) is 1.86. The Balaban J connectivity index is 1.88. The van der Waals surface area contributed by atoms with Gasteiger partial charge in [-0.2, -0.15) is 0 Å². The Hall–Kier alpha value is -1.16. The van der Waals surface area contributed by atoms with Crippen LogP contribution in [0.2, 0.25) is 0 Å². The van der Waals surface area contributed by atoms with E-state index in [4.69, 9.17) is 0 Å². The SMILES string of the molecule is CCN1CCN(C2=CNNC=C2)CC1. The van der Waals surface area contributed by atoms with Gasteiger partial charge in [-0.25, -0.2) is 0 Å². The molecular weight excluding hydrogens is 176 g/mol. The van der Waals surface area contributed by atoms with Crippen molar-refractivity contribution in [1.29, 1.82) is 0 Å². The summed E-state index contributed by atoms with van der Waals surface area (Å²) in [6.45, 7) is 8.01. The van der Waals surface area contributed by atoms with Crippen LogP contribution in [-0.2, 0) is 0 Å². The number of hydrogen-bond acceptors (Lipinski definition) is 4. The molecule has 2 aliphatic heterocycles. The lowest BCUT2D eigenvalue weighted by Gasteiger charge is -2.36. The van der Waals surface area contributed by atoms with Crippen molar-refractivity contribution in [1.82, 2.24) is 20.7 Å². The summed E-state index contributed by atoms with van der Waals surface area (Å²) >= 11 is 0. The van der Waals surface area contributed by atoms with Crippen LogP contribution in [0.5, 0.6) is 0 Å². The van der Waals surface area contributed by atoms with Gasteiger partial charge in [0.25, 0.3) is 0 Å². The van der Waals surface area contributed by atoms with Gasteiger partial charge in [0.2, 0.25) is 0 Å². The normalized spacial score (nSPS) is 22.6. The molecule has 4 nitrogen and oxygen atoms in total. The van der Waals surface area contributed by atoms with Crippen LogP contribution < -0.4 is 10.9 Å². The number of nitrogens with one attached hydrogen (secondary N) is 2. The number of nitrogens with zero attached hydrogens (tertiary/aromatic N) is 2. The Labute approximate surface area is 85.2 Å². The van der Waals surface area contributed by atoms with Crippen LogP contribution in [0, 0.1) is 0 Å². The minimum Gasteiger partial charge on any atom is -0.368 e. The van der Waals surface area contributed by atoms with Gasteiger partial charge in [-0.05, 0) is 12.6 Å². The zero-order valence-corrected chi connectivity index (χ0v) is 8.66. The van der Waals surface area contributed by atoms with Crippen LogP contribution in [-0.4, -0.2) is 42.5 Å². The first-order valence-corrected chi connectivity index (χ1v) is 5.25. The lowest BCUT2D eigenvalue weighted by Crippen LogP contribution is -2.46. The van der Waals surface area contributed by atoms with Crippen molar-refractivity contribution in [2.45, 2.75) is 6.92 Å². The van der Waals surface area contributed by atoms with Crippen LogP contribution in [0.3, 0.4) is 0 Å². The van der Waals surface area contributed by atoms with Gasteiger partial charge in [-0.15, -0.1) is 0 Å². The molecule has 14 heavy (non-hydrogen) atoms. The summed E-state index contributed by atoms with van der Waals surface area (Å²) in [6.07, 6.45) is 6.06. The van der Waals surface area contributed by atoms with Crippen molar-refractivity contribution in [3.05, 3.63) is 24.2 Å². The molecular formula is C10H18N4. The molecule has 2 rings (SSSR count). The molecule has 0 bridgehead atoms. The Morgan fingerprint density at radius 3 is 2.57 bits per heavy atom. The average molecular weight is 194 g/mol. The quantitative estimate of drug-likeness (QED) is 0.652. The van der Waals surface area contributed by atoms with E-state index in [1.165, 1.54) is 25.3 Å². The van der Waals surface area contributed by atoms with Gasteiger partial charge in [-0.3, -0.25) is 0 Å². The molecule has 0 spiro atoms. The Morgan fingerprint density at radius 1 is 1.21 bits per heavy atom. The van der Waals surface area contributed by atoms with Crippen LogP contribution in [0.1, 0.15) is 6.92 Å². The van der Waals surface area contributed by atoms with E-state index in [1.54, 1.807) is 0 Å². The van der Waals surface area contributed by atoms with Crippen LogP contribution in [0.15, 0.2) is 24.2 Å². The molecule has 0 aromatic heterocycles. The second-order valence-corrected chi connectivity index (χ2v) is 3.61. The van der Waals surface area contributed by atoms with Crippen LogP contribution in [0.4, 0.5) is 0 Å². The second kappa shape index (κ2) is 4.37. The molecule has 0 atom stereocenters. The topological polar surface area (TPSA) is 30.5 Å². The number of allylic oxidation sites excluding steroid dienone is 1. The van der Waals surface area contributed by atoms with E-state index in [0.29, 0.717) is 0 Å². The van der Waals surface area contributed by atoms with E-state index >= 15 is 0 Å². The van der Waals surface area contributed by atoms with E-state index in [9.17, 15) is 0 Å². The van der Waals surface area contributed by atoms with E-state index in [2.05, 4.69) is 33.7 Å². The van der Waals surface area contributed by atoms with Gasteiger partial charge < -0.3 is 20.7 Å². The Bertz CT molecular complexity index is 239. The molecule has 0 unspecified atom stereocenters. The van der Waals surface area contributed by atoms with Crippen LogP contribution >= 0.6 is 0 Å². The molecule has 0 aliphatic carbocycles. The fourth-order valence-corrected chi connectivity index (χ4v) is 1.86. The van der Waals surface area contributed by atoms with E-state index < -0.39 is 0 Å². The van der Waals surface area contributed by atoms with E-state index in [1.807, 2.05) is 12.4 Å². The zero-order valence-electron chi connectivity index (χ0n) is 8.66. The maximum Gasteiger partial charge on any atom is 0.0561 e. The minimum atomic E-state index is 1.13. The van der Waals surface area contributed by atoms with Gasteiger partial charge >= 0.3 is 0 Å². The van der Waals surface area contributed by atoms with Crippen molar-refractivity contribution < 1.29 is 0 Å². The molecule has 2 heterocycles. The fraction of sp³-hybridized carbons (Fsp3) is 0.600. The summed E-state index contributed by atoms with van der Waals surface area (Å²) < 4.78 is 0. The maximum absolute atomic E-state index is 3.00. The summed E-state index contributed by atoms with van der Waals surface area (Å²) in [5.74, 6) is 0. The zero-order chi connectivity index (χ0) is 9.80. The van der Waals surface area contributed by atoms with Crippen molar-refractivity contribution in [3.63, 3.8) is 0 Å². The predicted octanol–water partition coefficient (Wildman–Crippen LogP) is 0.0868. The van der Waals surface area contributed by atoms with Gasteiger partial charge in [0.15, 0.2) is 0 Å². The smallest absolute Gasteiger partial charge is 0.0561 e. The summed E-state index contributed by atoms with van der Waals surface area (Å²) in [4.78, 5) is 4.89. The van der Waals surface area contributed by atoms with Gasteiger partial charge in [-0.1, -0.05) is 6.92 Å². The molecule has 0 saturated carbocycles. The number of hydrogen-bond donors (Lipinski definition) is 2. The standard InChI is InChI=1S/C10H18N4/c1-2-13-5-7-14(8-6-13)10-3-4-11-12-9-10/h3-4,9,11-12H,2,5-8H2,1H3. The van der Waals surface area contributed by atoms with Gasteiger partial charge in [0, 0.05) is 38.6 Å². The largest absolute Gasteiger partial charge is 0.368 e.